The second-order valence-electron chi connectivity index (χ2n) is 3.28. The first-order chi connectivity index (χ1) is 7.40. The zero-order valence-corrected chi connectivity index (χ0v) is 9.63. The molecule has 15 heavy (non-hydrogen) atoms. The molecule has 1 aromatic rings. The molecular weight excluding hydrogens is 210 g/mol. The molecule has 1 aliphatic heterocycles. The number of thioether (sulfide) groups is 1. The summed E-state index contributed by atoms with van der Waals surface area (Å²) in [6, 6.07) is 0. The van der Waals surface area contributed by atoms with Crippen molar-refractivity contribution >= 4 is 16.9 Å². The Bertz CT molecular complexity index is 346. The molecule has 0 aliphatic carbocycles. The molecule has 0 atom stereocenters. The highest BCUT2D eigenvalue weighted by molar-refractivity contribution is 8.13. The molecule has 0 spiro atoms. The number of nitrogens with zero attached hydrogens (tertiary/aromatic N) is 4. The molecule has 0 aromatic carbocycles. The van der Waals surface area contributed by atoms with Crippen molar-refractivity contribution in [3.8, 4) is 0 Å². The van der Waals surface area contributed by atoms with E-state index >= 15 is 0 Å². The first-order valence-corrected chi connectivity index (χ1v) is 6.16. The van der Waals surface area contributed by atoms with Crippen LogP contribution in [0.1, 0.15) is 19.2 Å². The molecule has 2 rings (SSSR count). The van der Waals surface area contributed by atoms with Gasteiger partial charge in [0.25, 0.3) is 0 Å². The highest BCUT2D eigenvalue weighted by Gasteiger charge is 2.07. The summed E-state index contributed by atoms with van der Waals surface area (Å²) in [5.74, 6) is 2.12. The molecule has 0 bridgehead atoms. The van der Waals surface area contributed by atoms with Crippen LogP contribution in [0.25, 0.3) is 0 Å². The van der Waals surface area contributed by atoms with E-state index in [1.807, 2.05) is 4.57 Å². The molecule has 5 nitrogen and oxygen atoms in total. The molecule has 1 aliphatic rings. The number of amidine groups is 1. The number of hydrogen-bond acceptors (Lipinski definition) is 5. The van der Waals surface area contributed by atoms with Gasteiger partial charge < -0.3 is 9.88 Å². The van der Waals surface area contributed by atoms with Gasteiger partial charge in [-0.1, -0.05) is 11.8 Å². The van der Waals surface area contributed by atoms with Crippen LogP contribution in [0, 0.1) is 0 Å². The normalized spacial score (nSPS) is 16.2. The van der Waals surface area contributed by atoms with Crippen LogP contribution in [0.5, 0.6) is 0 Å². The highest BCUT2D eigenvalue weighted by Crippen LogP contribution is 2.10. The van der Waals surface area contributed by atoms with Crippen molar-refractivity contribution < 1.29 is 0 Å². The maximum Gasteiger partial charge on any atom is 0.156 e. The SMILES string of the molecule is CCn1cnnc1CNC1=NCCCS1. The maximum atomic E-state index is 4.40. The van der Waals surface area contributed by atoms with Crippen molar-refractivity contribution in [2.24, 2.45) is 4.99 Å². The van der Waals surface area contributed by atoms with E-state index in [0.29, 0.717) is 6.54 Å². The van der Waals surface area contributed by atoms with Gasteiger partial charge in [-0.25, -0.2) is 0 Å². The van der Waals surface area contributed by atoms with E-state index in [1.54, 1.807) is 18.1 Å². The van der Waals surface area contributed by atoms with E-state index in [1.165, 1.54) is 6.42 Å². The lowest BCUT2D eigenvalue weighted by molar-refractivity contribution is 0.679. The maximum absolute atomic E-state index is 4.40. The molecule has 0 saturated carbocycles. The minimum Gasteiger partial charge on any atom is -0.358 e. The number of rotatable bonds is 3. The molecule has 0 saturated heterocycles. The van der Waals surface area contributed by atoms with Gasteiger partial charge in [0.15, 0.2) is 11.0 Å². The van der Waals surface area contributed by atoms with Gasteiger partial charge in [-0.2, -0.15) is 0 Å². The van der Waals surface area contributed by atoms with Crippen molar-refractivity contribution in [3.05, 3.63) is 12.2 Å². The summed E-state index contributed by atoms with van der Waals surface area (Å²) in [7, 11) is 0. The summed E-state index contributed by atoms with van der Waals surface area (Å²) in [5, 5.41) is 12.3. The Hall–Kier alpha value is -1.04. The van der Waals surface area contributed by atoms with Gasteiger partial charge >= 0.3 is 0 Å². The average Bonchev–Trinajstić information content (AvgIpc) is 2.75. The molecule has 0 radical (unpaired) electrons. The molecule has 1 aromatic heterocycles. The van der Waals surface area contributed by atoms with Crippen LogP contribution in [0.15, 0.2) is 11.3 Å². The predicted octanol–water partition coefficient (Wildman–Crippen LogP) is 0.881. The van der Waals surface area contributed by atoms with Crippen molar-refractivity contribution in [3.63, 3.8) is 0 Å². The van der Waals surface area contributed by atoms with E-state index < -0.39 is 0 Å². The number of aliphatic imine (C=N–C) groups is 1. The van der Waals surface area contributed by atoms with Crippen molar-refractivity contribution in [2.45, 2.75) is 26.4 Å². The Morgan fingerprint density at radius 3 is 3.27 bits per heavy atom. The fourth-order valence-corrected chi connectivity index (χ4v) is 2.22. The van der Waals surface area contributed by atoms with Gasteiger partial charge in [0.05, 0.1) is 6.54 Å². The van der Waals surface area contributed by atoms with Crippen molar-refractivity contribution in [1.29, 1.82) is 0 Å². The molecule has 1 N–H and O–H groups in total. The van der Waals surface area contributed by atoms with E-state index in [0.717, 1.165) is 29.8 Å². The quantitative estimate of drug-likeness (QED) is 0.829. The number of aryl methyl sites for hydroxylation is 1. The van der Waals surface area contributed by atoms with Gasteiger partial charge in [0, 0.05) is 18.8 Å². The Morgan fingerprint density at radius 1 is 1.60 bits per heavy atom. The molecule has 2 heterocycles. The van der Waals surface area contributed by atoms with Crippen LogP contribution in [-0.2, 0) is 13.1 Å². The fourth-order valence-electron chi connectivity index (χ4n) is 1.40. The monoisotopic (exact) mass is 225 g/mol. The average molecular weight is 225 g/mol. The van der Waals surface area contributed by atoms with Gasteiger partial charge in [0.1, 0.15) is 6.33 Å². The lowest BCUT2D eigenvalue weighted by atomic mass is 10.5. The zero-order valence-electron chi connectivity index (χ0n) is 8.81. The van der Waals surface area contributed by atoms with E-state index in [9.17, 15) is 0 Å². The molecule has 0 amide bonds. The summed E-state index contributed by atoms with van der Waals surface area (Å²) < 4.78 is 2.03. The van der Waals surface area contributed by atoms with Crippen LogP contribution in [0.2, 0.25) is 0 Å². The Labute approximate surface area is 93.4 Å². The number of aromatic nitrogens is 3. The van der Waals surface area contributed by atoms with Crippen LogP contribution in [0.4, 0.5) is 0 Å². The van der Waals surface area contributed by atoms with Crippen molar-refractivity contribution in [1.82, 2.24) is 20.1 Å². The summed E-state index contributed by atoms with van der Waals surface area (Å²) >= 11 is 1.78. The zero-order chi connectivity index (χ0) is 10.5. The van der Waals surface area contributed by atoms with Gasteiger partial charge in [-0.3, -0.25) is 4.99 Å². The molecule has 82 valence electrons. The van der Waals surface area contributed by atoms with Crippen LogP contribution in [0.3, 0.4) is 0 Å². The summed E-state index contributed by atoms with van der Waals surface area (Å²) in [6.07, 6.45) is 2.94. The van der Waals surface area contributed by atoms with E-state index in [4.69, 9.17) is 0 Å². The molecule has 0 fully saturated rings. The minimum atomic E-state index is 0.708. The first kappa shape index (κ1) is 10.5. The van der Waals surface area contributed by atoms with Crippen LogP contribution >= 0.6 is 11.8 Å². The number of nitrogens with one attached hydrogen (secondary N) is 1. The van der Waals surface area contributed by atoms with E-state index in [2.05, 4.69) is 27.4 Å². The highest BCUT2D eigenvalue weighted by atomic mass is 32.2. The smallest absolute Gasteiger partial charge is 0.156 e. The Kier molecular flexibility index (Phi) is 3.60. The summed E-state index contributed by atoms with van der Waals surface area (Å²) in [5.41, 5.74) is 0. The summed E-state index contributed by atoms with van der Waals surface area (Å²) in [6.45, 7) is 4.64. The van der Waals surface area contributed by atoms with E-state index in [-0.39, 0.29) is 0 Å². The standard InChI is InChI=1S/C9H15N5S/c1-2-14-7-12-13-8(14)6-11-9-10-4-3-5-15-9/h7H,2-6H2,1H3,(H,10,11). The second-order valence-corrected chi connectivity index (χ2v) is 4.36. The van der Waals surface area contributed by atoms with Gasteiger partial charge in [-0.05, 0) is 13.3 Å². The third-order valence-corrected chi connectivity index (χ3v) is 3.27. The lowest BCUT2D eigenvalue weighted by Gasteiger charge is -2.12. The molecule has 6 heteroatoms. The van der Waals surface area contributed by atoms with Gasteiger partial charge in [-0.15, -0.1) is 10.2 Å². The van der Waals surface area contributed by atoms with Crippen molar-refractivity contribution in [2.75, 3.05) is 12.3 Å². The molecular formula is C9H15N5S. The largest absolute Gasteiger partial charge is 0.358 e. The third kappa shape index (κ3) is 2.71. The number of hydrogen-bond donors (Lipinski definition) is 1. The minimum absolute atomic E-state index is 0.708. The Balaban J connectivity index is 1.89. The van der Waals surface area contributed by atoms with Crippen LogP contribution in [-0.4, -0.2) is 32.2 Å². The van der Waals surface area contributed by atoms with Crippen LogP contribution < -0.4 is 5.32 Å². The predicted molar refractivity (Wildman–Crippen MR) is 61.9 cm³/mol. The fraction of sp³-hybridized carbons (Fsp3) is 0.667. The lowest BCUT2D eigenvalue weighted by Crippen LogP contribution is -2.24. The Morgan fingerprint density at radius 2 is 2.53 bits per heavy atom. The summed E-state index contributed by atoms with van der Waals surface area (Å²) in [4.78, 5) is 4.40. The third-order valence-electron chi connectivity index (χ3n) is 2.23. The second kappa shape index (κ2) is 5.16. The molecule has 0 unspecified atom stereocenters. The first-order valence-electron chi connectivity index (χ1n) is 5.18. The topological polar surface area (TPSA) is 55.1 Å². The van der Waals surface area contributed by atoms with Gasteiger partial charge in [0.2, 0.25) is 0 Å².